The van der Waals surface area contributed by atoms with Crippen LogP contribution in [0.15, 0.2) is 48.5 Å². The fourth-order valence-electron chi connectivity index (χ4n) is 3.08. The van der Waals surface area contributed by atoms with Gasteiger partial charge >= 0.3 is 6.18 Å². The second kappa shape index (κ2) is 11.5. The number of carbonyl (C=O) groups is 2. The Labute approximate surface area is 181 Å². The molecule has 2 aromatic rings. The maximum absolute atomic E-state index is 12.6. The Morgan fingerprint density at radius 1 is 0.903 bits per heavy atom. The summed E-state index contributed by atoms with van der Waals surface area (Å²) in [6.45, 7) is 4.86. The molecule has 1 atom stereocenters. The standard InChI is InChI=1S/C24H29F3N2O2/c1-3-18-7-9-19(10-8-18)16-29-22(30)17(2)6-4-5-15-28-23(31)20-11-13-21(14-12-20)24(25,26)27/h7-14,17H,3-6,15-16H2,1-2H3,(H,28,31)(H,29,30). The zero-order valence-electron chi connectivity index (χ0n) is 17.9. The number of halogens is 3. The molecule has 0 heterocycles. The van der Waals surface area contributed by atoms with Crippen LogP contribution >= 0.6 is 0 Å². The maximum Gasteiger partial charge on any atom is 0.416 e. The Morgan fingerprint density at radius 3 is 2.10 bits per heavy atom. The molecule has 1 unspecified atom stereocenters. The topological polar surface area (TPSA) is 58.2 Å². The van der Waals surface area contributed by atoms with Gasteiger partial charge in [-0.15, -0.1) is 0 Å². The first kappa shape index (κ1) is 24.4. The van der Waals surface area contributed by atoms with Crippen LogP contribution < -0.4 is 10.6 Å². The number of hydrogen-bond acceptors (Lipinski definition) is 2. The summed E-state index contributed by atoms with van der Waals surface area (Å²) in [5, 5.41) is 5.64. The molecule has 0 bridgehead atoms. The molecule has 168 valence electrons. The van der Waals surface area contributed by atoms with Gasteiger partial charge in [-0.3, -0.25) is 9.59 Å². The number of nitrogens with one attached hydrogen (secondary N) is 2. The fourth-order valence-corrected chi connectivity index (χ4v) is 3.08. The van der Waals surface area contributed by atoms with E-state index in [0.29, 0.717) is 25.9 Å². The molecule has 0 radical (unpaired) electrons. The molecule has 0 aliphatic heterocycles. The number of hydrogen-bond donors (Lipinski definition) is 2. The number of alkyl halides is 3. The predicted molar refractivity (Wildman–Crippen MR) is 114 cm³/mol. The van der Waals surface area contributed by atoms with Crippen LogP contribution in [-0.4, -0.2) is 18.4 Å². The van der Waals surface area contributed by atoms with Crippen molar-refractivity contribution in [1.82, 2.24) is 10.6 Å². The molecule has 2 amide bonds. The van der Waals surface area contributed by atoms with Crippen LogP contribution in [0.5, 0.6) is 0 Å². The largest absolute Gasteiger partial charge is 0.416 e. The molecule has 0 aliphatic carbocycles. The first-order valence-corrected chi connectivity index (χ1v) is 10.5. The van der Waals surface area contributed by atoms with E-state index < -0.39 is 17.6 Å². The second-order valence-corrected chi connectivity index (χ2v) is 7.62. The van der Waals surface area contributed by atoms with E-state index in [1.165, 1.54) is 17.7 Å². The molecule has 0 spiro atoms. The summed E-state index contributed by atoms with van der Waals surface area (Å²) in [6, 6.07) is 12.3. The van der Waals surface area contributed by atoms with Crippen molar-refractivity contribution in [2.24, 2.45) is 5.92 Å². The summed E-state index contributed by atoms with van der Waals surface area (Å²) >= 11 is 0. The summed E-state index contributed by atoms with van der Waals surface area (Å²) in [5.74, 6) is -0.553. The van der Waals surface area contributed by atoms with Crippen molar-refractivity contribution >= 4 is 11.8 Å². The van der Waals surface area contributed by atoms with Crippen LogP contribution in [0.25, 0.3) is 0 Å². The van der Waals surface area contributed by atoms with Crippen molar-refractivity contribution in [2.75, 3.05) is 6.54 Å². The van der Waals surface area contributed by atoms with E-state index in [1.54, 1.807) is 0 Å². The van der Waals surface area contributed by atoms with E-state index >= 15 is 0 Å². The molecule has 31 heavy (non-hydrogen) atoms. The Kier molecular flexibility index (Phi) is 9.09. The normalized spacial score (nSPS) is 12.3. The third kappa shape index (κ3) is 8.07. The lowest BCUT2D eigenvalue weighted by molar-refractivity contribution is -0.137. The minimum atomic E-state index is -4.42. The number of unbranched alkanes of at least 4 members (excludes halogenated alkanes) is 1. The average Bonchev–Trinajstić information content (AvgIpc) is 2.76. The van der Waals surface area contributed by atoms with E-state index in [2.05, 4.69) is 29.7 Å². The molecule has 0 aromatic heterocycles. The van der Waals surface area contributed by atoms with Crippen LogP contribution in [0.1, 0.15) is 60.2 Å². The first-order valence-electron chi connectivity index (χ1n) is 10.5. The molecule has 2 aromatic carbocycles. The highest BCUT2D eigenvalue weighted by molar-refractivity contribution is 5.94. The number of amides is 2. The summed E-state index contributed by atoms with van der Waals surface area (Å²) in [5.41, 5.74) is 1.72. The summed E-state index contributed by atoms with van der Waals surface area (Å²) < 4.78 is 37.7. The zero-order valence-corrected chi connectivity index (χ0v) is 17.9. The van der Waals surface area contributed by atoms with Crippen LogP contribution in [-0.2, 0) is 23.9 Å². The van der Waals surface area contributed by atoms with Crippen molar-refractivity contribution in [3.8, 4) is 0 Å². The number of carbonyl (C=O) groups excluding carboxylic acids is 2. The van der Waals surface area contributed by atoms with Gasteiger partial charge in [-0.05, 0) is 54.7 Å². The third-order valence-corrected chi connectivity index (χ3v) is 5.17. The molecular formula is C24H29F3N2O2. The quantitative estimate of drug-likeness (QED) is 0.510. The van der Waals surface area contributed by atoms with E-state index in [0.717, 1.165) is 30.5 Å². The fraction of sp³-hybridized carbons (Fsp3) is 0.417. The Hall–Kier alpha value is -2.83. The van der Waals surface area contributed by atoms with Crippen LogP contribution in [0.4, 0.5) is 13.2 Å². The van der Waals surface area contributed by atoms with Gasteiger partial charge in [0.1, 0.15) is 0 Å². The van der Waals surface area contributed by atoms with Gasteiger partial charge in [0.05, 0.1) is 5.56 Å². The lowest BCUT2D eigenvalue weighted by atomic mass is 10.0. The van der Waals surface area contributed by atoms with Crippen LogP contribution in [0, 0.1) is 5.92 Å². The van der Waals surface area contributed by atoms with E-state index in [1.807, 2.05) is 19.1 Å². The van der Waals surface area contributed by atoms with E-state index in [-0.39, 0.29) is 17.4 Å². The molecule has 0 aliphatic rings. The smallest absolute Gasteiger partial charge is 0.352 e. The minimum absolute atomic E-state index is 0.00615. The van der Waals surface area contributed by atoms with E-state index in [9.17, 15) is 22.8 Å². The van der Waals surface area contributed by atoms with E-state index in [4.69, 9.17) is 0 Å². The molecular weight excluding hydrogens is 405 g/mol. The van der Waals surface area contributed by atoms with Gasteiger partial charge in [0, 0.05) is 24.6 Å². The highest BCUT2D eigenvalue weighted by Crippen LogP contribution is 2.29. The minimum Gasteiger partial charge on any atom is -0.352 e. The molecule has 2 rings (SSSR count). The Balaban J connectivity index is 1.63. The van der Waals surface area contributed by atoms with Crippen molar-refractivity contribution in [1.29, 1.82) is 0 Å². The zero-order chi connectivity index (χ0) is 22.9. The van der Waals surface area contributed by atoms with Crippen LogP contribution in [0.2, 0.25) is 0 Å². The third-order valence-electron chi connectivity index (χ3n) is 5.17. The molecule has 4 nitrogen and oxygen atoms in total. The number of aryl methyl sites for hydroxylation is 1. The summed E-state index contributed by atoms with van der Waals surface area (Å²) in [7, 11) is 0. The monoisotopic (exact) mass is 434 g/mol. The molecule has 0 saturated heterocycles. The van der Waals surface area contributed by atoms with Gasteiger partial charge in [-0.2, -0.15) is 13.2 Å². The van der Waals surface area contributed by atoms with Gasteiger partial charge in [0.15, 0.2) is 0 Å². The lowest BCUT2D eigenvalue weighted by Gasteiger charge is -2.13. The molecule has 0 saturated carbocycles. The highest BCUT2D eigenvalue weighted by atomic mass is 19.4. The Morgan fingerprint density at radius 2 is 1.52 bits per heavy atom. The van der Waals surface area contributed by atoms with Gasteiger partial charge < -0.3 is 10.6 Å². The molecule has 2 N–H and O–H groups in total. The number of rotatable bonds is 10. The molecule has 7 heteroatoms. The predicted octanol–water partition coefficient (Wildman–Crippen LogP) is 5.12. The second-order valence-electron chi connectivity index (χ2n) is 7.62. The van der Waals surface area contributed by atoms with Crippen LogP contribution in [0.3, 0.4) is 0 Å². The van der Waals surface area contributed by atoms with Gasteiger partial charge in [0.25, 0.3) is 5.91 Å². The SMILES string of the molecule is CCc1ccc(CNC(=O)C(C)CCCCNC(=O)c2ccc(C(F)(F)F)cc2)cc1. The van der Waals surface area contributed by atoms with Crippen molar-refractivity contribution in [3.05, 3.63) is 70.8 Å². The lowest BCUT2D eigenvalue weighted by Crippen LogP contribution is -2.29. The van der Waals surface area contributed by atoms with Gasteiger partial charge in [0.2, 0.25) is 5.91 Å². The van der Waals surface area contributed by atoms with Crippen molar-refractivity contribution in [2.45, 2.75) is 52.3 Å². The number of benzene rings is 2. The van der Waals surface area contributed by atoms with Gasteiger partial charge in [-0.25, -0.2) is 0 Å². The van der Waals surface area contributed by atoms with Gasteiger partial charge in [-0.1, -0.05) is 44.5 Å². The Bertz CT molecular complexity index is 847. The maximum atomic E-state index is 12.6. The molecule has 0 fully saturated rings. The average molecular weight is 435 g/mol. The summed E-state index contributed by atoms with van der Waals surface area (Å²) in [4.78, 5) is 24.2. The summed E-state index contributed by atoms with van der Waals surface area (Å²) in [6.07, 6.45) is -1.31. The highest BCUT2D eigenvalue weighted by Gasteiger charge is 2.30. The first-order chi connectivity index (χ1) is 14.7. The van der Waals surface area contributed by atoms with Crippen molar-refractivity contribution < 1.29 is 22.8 Å². The van der Waals surface area contributed by atoms with Crippen molar-refractivity contribution in [3.63, 3.8) is 0 Å².